The molecule has 11 heteroatoms. The summed E-state index contributed by atoms with van der Waals surface area (Å²) in [6.07, 6.45) is 6.86. The number of aromatic nitrogens is 1. The minimum absolute atomic E-state index is 0.00652. The summed E-state index contributed by atoms with van der Waals surface area (Å²) < 4.78 is 0. The molecular weight excluding hydrogens is 575 g/mol. The number of benzene rings is 1. The second-order valence-corrected chi connectivity index (χ2v) is 12.6. The highest BCUT2D eigenvalue weighted by atomic mass is 35.5. The molecule has 3 aromatic rings. The van der Waals surface area contributed by atoms with Gasteiger partial charge in [-0.2, -0.15) is 0 Å². The van der Waals surface area contributed by atoms with Gasteiger partial charge in [0, 0.05) is 55.9 Å². The normalized spacial score (nSPS) is 21.5. The molecule has 42 heavy (non-hydrogen) atoms. The number of piperazine rings is 1. The van der Waals surface area contributed by atoms with E-state index in [9.17, 15) is 14.7 Å². The van der Waals surface area contributed by atoms with E-state index < -0.39 is 10.9 Å². The van der Waals surface area contributed by atoms with E-state index in [0.717, 1.165) is 76.2 Å². The maximum absolute atomic E-state index is 12.2. The van der Waals surface area contributed by atoms with Crippen molar-refractivity contribution in [2.24, 2.45) is 0 Å². The summed E-state index contributed by atoms with van der Waals surface area (Å²) in [5, 5.41) is 17.6. The van der Waals surface area contributed by atoms with E-state index in [1.807, 2.05) is 24.3 Å². The molecule has 3 N–H and O–H groups in total. The Morgan fingerprint density at radius 2 is 1.71 bits per heavy atom. The van der Waals surface area contributed by atoms with Gasteiger partial charge in [-0.1, -0.05) is 42.3 Å². The quantitative estimate of drug-likeness (QED) is 0.288. The van der Waals surface area contributed by atoms with Crippen molar-refractivity contribution in [2.45, 2.75) is 63.2 Å². The number of hydrogen-bond donors (Lipinski definition) is 3. The van der Waals surface area contributed by atoms with Crippen LogP contribution in [0, 0.1) is 0 Å². The van der Waals surface area contributed by atoms with Crippen LogP contribution in [0.2, 0.25) is 10.0 Å². The van der Waals surface area contributed by atoms with Crippen LogP contribution in [-0.4, -0.2) is 77.3 Å². The Hall–Kier alpha value is -2.69. The van der Waals surface area contributed by atoms with Gasteiger partial charge in [-0.25, -0.2) is 4.98 Å². The first-order valence-corrected chi connectivity index (χ1v) is 15.7. The zero-order valence-corrected chi connectivity index (χ0v) is 25.4. The van der Waals surface area contributed by atoms with Gasteiger partial charge in [0.2, 0.25) is 0 Å². The van der Waals surface area contributed by atoms with E-state index in [4.69, 9.17) is 23.2 Å². The second kappa shape index (κ2) is 12.5. The van der Waals surface area contributed by atoms with Gasteiger partial charge in [0.25, 0.3) is 10.9 Å². The second-order valence-electron chi connectivity index (χ2n) is 11.7. The van der Waals surface area contributed by atoms with Crippen LogP contribution in [0.15, 0.2) is 46.1 Å². The predicted octanol–water partition coefficient (Wildman–Crippen LogP) is 4.40. The van der Waals surface area contributed by atoms with Gasteiger partial charge in [-0.15, -0.1) is 0 Å². The van der Waals surface area contributed by atoms with Crippen LogP contribution < -0.4 is 26.4 Å². The molecule has 1 saturated carbocycles. The number of anilines is 4. The summed E-state index contributed by atoms with van der Waals surface area (Å²) in [4.78, 5) is 36.1. The van der Waals surface area contributed by atoms with Crippen LogP contribution in [0.25, 0.3) is 0 Å². The molecule has 0 bridgehead atoms. The fourth-order valence-corrected chi connectivity index (χ4v) is 6.92. The molecule has 3 aliphatic rings. The van der Waals surface area contributed by atoms with E-state index in [2.05, 4.69) is 37.2 Å². The third-order valence-electron chi connectivity index (χ3n) is 9.06. The number of rotatable bonds is 10. The summed E-state index contributed by atoms with van der Waals surface area (Å²) in [6, 6.07) is 10.7. The molecule has 6 rings (SSSR count). The molecule has 2 aliphatic heterocycles. The van der Waals surface area contributed by atoms with E-state index >= 15 is 0 Å². The number of nitrogens with one attached hydrogen (secondary N) is 2. The summed E-state index contributed by atoms with van der Waals surface area (Å²) in [5.74, 6) is 0.741. The van der Waals surface area contributed by atoms with Gasteiger partial charge in [-0.3, -0.25) is 19.4 Å². The van der Waals surface area contributed by atoms with Gasteiger partial charge in [0.05, 0.1) is 29.6 Å². The number of likely N-dealkylation sites (tertiary alicyclic amines) is 1. The number of halogens is 2. The summed E-state index contributed by atoms with van der Waals surface area (Å²) in [5.41, 5.74) is 1.37. The fraction of sp³-hybridized carbons (Fsp3) is 0.516. The first-order valence-electron chi connectivity index (χ1n) is 15.0. The molecule has 1 aliphatic carbocycles. The van der Waals surface area contributed by atoms with Crippen molar-refractivity contribution in [1.29, 1.82) is 0 Å². The Labute approximate surface area is 256 Å². The van der Waals surface area contributed by atoms with Crippen molar-refractivity contribution in [3.8, 4) is 0 Å². The van der Waals surface area contributed by atoms with Crippen LogP contribution in [0.1, 0.15) is 50.6 Å². The van der Waals surface area contributed by atoms with E-state index in [0.29, 0.717) is 39.2 Å². The summed E-state index contributed by atoms with van der Waals surface area (Å²) >= 11 is 12.8. The number of aliphatic hydroxyl groups is 1. The minimum atomic E-state index is -0.511. The number of nitrogens with zero attached hydrogens (tertiary/aromatic N) is 4. The molecule has 0 radical (unpaired) electrons. The number of aliphatic hydroxyl groups excluding tert-OH is 1. The van der Waals surface area contributed by atoms with Crippen molar-refractivity contribution in [3.63, 3.8) is 0 Å². The molecule has 2 aromatic carbocycles. The van der Waals surface area contributed by atoms with Gasteiger partial charge < -0.3 is 20.6 Å². The zero-order valence-electron chi connectivity index (χ0n) is 23.9. The summed E-state index contributed by atoms with van der Waals surface area (Å²) in [7, 11) is 0. The van der Waals surface area contributed by atoms with E-state index in [1.165, 1.54) is 0 Å². The van der Waals surface area contributed by atoms with E-state index in [-0.39, 0.29) is 18.7 Å². The molecule has 2 saturated heterocycles. The topological polar surface area (TPSA) is 101 Å². The molecular formula is C31H38Cl2N6O3. The Balaban J connectivity index is 1.06. The Kier molecular flexibility index (Phi) is 8.75. The van der Waals surface area contributed by atoms with Gasteiger partial charge >= 0.3 is 0 Å². The SMILES string of the molecule is CC[C@H]1CN(c2ncc(Nc3c(NC4CC4)c(=O)c3=O)cc2Cl)CCN1C1CCN([C@H](CO)c2ccc(Cl)cc2)CC1. The maximum Gasteiger partial charge on any atom is 0.253 e. The van der Waals surface area contributed by atoms with Crippen molar-refractivity contribution in [3.05, 3.63) is 72.6 Å². The molecule has 1 aromatic heterocycles. The first kappa shape index (κ1) is 29.4. The highest BCUT2D eigenvalue weighted by molar-refractivity contribution is 6.33. The molecule has 3 fully saturated rings. The Morgan fingerprint density at radius 1 is 1.00 bits per heavy atom. The molecule has 0 unspecified atom stereocenters. The molecule has 2 atom stereocenters. The van der Waals surface area contributed by atoms with Crippen molar-refractivity contribution in [2.75, 3.05) is 54.9 Å². The van der Waals surface area contributed by atoms with Crippen molar-refractivity contribution in [1.82, 2.24) is 14.8 Å². The Morgan fingerprint density at radius 3 is 2.36 bits per heavy atom. The lowest BCUT2D eigenvalue weighted by Gasteiger charge is -2.48. The molecule has 0 spiro atoms. The average Bonchev–Trinajstić information content (AvgIpc) is 3.84. The van der Waals surface area contributed by atoms with Crippen LogP contribution in [0.3, 0.4) is 0 Å². The number of pyridine rings is 1. The number of hydrogen-bond acceptors (Lipinski definition) is 9. The van der Waals surface area contributed by atoms with Gasteiger partial charge in [0.1, 0.15) is 17.2 Å². The standard InChI is InChI=1S/C31H38Cl2N6O3/c1-2-23-17-38(31-25(33)15-22(16-34-31)36-28-27(29(41)30(28)42)35-21-7-8-21)13-14-39(23)24-9-11-37(12-10-24)26(18-40)19-3-5-20(32)6-4-19/h3-6,15-16,21,23-24,26,35-36,40H,2,7-14,17-18H2,1H3/t23-,26+/m0/s1. The van der Waals surface area contributed by atoms with Crippen LogP contribution in [-0.2, 0) is 0 Å². The van der Waals surface area contributed by atoms with E-state index in [1.54, 1.807) is 12.3 Å². The van der Waals surface area contributed by atoms with Gasteiger partial charge in [0.15, 0.2) is 0 Å². The number of piperidine rings is 1. The third-order valence-corrected chi connectivity index (χ3v) is 9.59. The third kappa shape index (κ3) is 6.03. The lowest BCUT2D eigenvalue weighted by atomic mass is 9.96. The smallest absolute Gasteiger partial charge is 0.253 e. The molecule has 9 nitrogen and oxygen atoms in total. The largest absolute Gasteiger partial charge is 0.394 e. The predicted molar refractivity (Wildman–Crippen MR) is 169 cm³/mol. The first-order chi connectivity index (χ1) is 20.4. The average molecular weight is 614 g/mol. The van der Waals surface area contributed by atoms with Gasteiger partial charge in [-0.05, 0) is 55.9 Å². The fourth-order valence-electron chi connectivity index (χ4n) is 6.51. The van der Waals surface area contributed by atoms with Crippen molar-refractivity contribution < 1.29 is 5.11 Å². The molecule has 224 valence electrons. The maximum atomic E-state index is 12.2. The lowest BCUT2D eigenvalue weighted by molar-refractivity contribution is 0.0356. The lowest BCUT2D eigenvalue weighted by Crippen LogP contribution is -2.58. The molecule has 0 amide bonds. The minimum Gasteiger partial charge on any atom is -0.394 e. The highest BCUT2D eigenvalue weighted by Crippen LogP contribution is 2.34. The van der Waals surface area contributed by atoms with Crippen molar-refractivity contribution >= 4 is 46.1 Å². The highest BCUT2D eigenvalue weighted by Gasteiger charge is 2.35. The Bertz CT molecular complexity index is 1460. The van der Waals surface area contributed by atoms with Crippen LogP contribution >= 0.6 is 23.2 Å². The van der Waals surface area contributed by atoms with Crippen LogP contribution in [0.4, 0.5) is 22.9 Å². The summed E-state index contributed by atoms with van der Waals surface area (Å²) in [6.45, 7) is 6.82. The zero-order chi connectivity index (χ0) is 29.4. The van der Waals surface area contributed by atoms with Crippen LogP contribution in [0.5, 0.6) is 0 Å². The monoisotopic (exact) mass is 612 g/mol. The molecule has 3 heterocycles.